The summed E-state index contributed by atoms with van der Waals surface area (Å²) in [6.45, 7) is 2.54. The first-order valence-corrected chi connectivity index (χ1v) is 6.78. The van der Waals surface area contributed by atoms with Crippen molar-refractivity contribution in [2.24, 2.45) is 5.73 Å². The number of nitrogens with zero attached hydrogens (tertiary/aromatic N) is 1. The van der Waals surface area contributed by atoms with Crippen LogP contribution < -0.4 is 10.5 Å². The van der Waals surface area contributed by atoms with Crippen LogP contribution in [0.15, 0.2) is 24.3 Å². The fourth-order valence-electron chi connectivity index (χ4n) is 2.13. The number of rotatable bonds is 6. The molecule has 20 heavy (non-hydrogen) atoms. The first-order valence-electron chi connectivity index (χ1n) is 6.78. The van der Waals surface area contributed by atoms with Crippen molar-refractivity contribution in [3.8, 4) is 5.75 Å². The van der Waals surface area contributed by atoms with Gasteiger partial charge in [0.25, 0.3) is 0 Å². The van der Waals surface area contributed by atoms with Gasteiger partial charge in [0, 0.05) is 25.0 Å². The smallest absolute Gasteiger partial charge is 0.224 e. The molecule has 0 saturated heterocycles. The molecule has 0 aliphatic heterocycles. The molecule has 1 aliphatic carbocycles. The maximum absolute atomic E-state index is 12.2. The van der Waals surface area contributed by atoms with E-state index in [1.807, 2.05) is 36.1 Å². The lowest BCUT2D eigenvalue weighted by molar-refractivity contribution is -0.132. The Balaban J connectivity index is 0.00000200. The van der Waals surface area contributed by atoms with Crippen LogP contribution in [0.25, 0.3) is 0 Å². The summed E-state index contributed by atoms with van der Waals surface area (Å²) in [5, 5.41) is 0. The number of carbonyl (C=O) groups excluding carboxylic acids is 1. The average molecular weight is 299 g/mol. The summed E-state index contributed by atoms with van der Waals surface area (Å²) in [5.41, 5.74) is 6.85. The van der Waals surface area contributed by atoms with Crippen LogP contribution in [0.3, 0.4) is 0 Å². The van der Waals surface area contributed by atoms with Crippen LogP contribution in [0.5, 0.6) is 5.75 Å². The monoisotopic (exact) mass is 298 g/mol. The van der Waals surface area contributed by atoms with Gasteiger partial charge in [-0.2, -0.15) is 0 Å². The molecular weight excluding hydrogens is 276 g/mol. The van der Waals surface area contributed by atoms with Crippen molar-refractivity contribution in [1.82, 2.24) is 4.90 Å². The maximum atomic E-state index is 12.2. The molecule has 0 bridgehead atoms. The molecule has 0 spiro atoms. The molecule has 0 aromatic heterocycles. The predicted molar refractivity (Wildman–Crippen MR) is 82.1 cm³/mol. The summed E-state index contributed by atoms with van der Waals surface area (Å²) >= 11 is 0. The van der Waals surface area contributed by atoms with Crippen molar-refractivity contribution in [3.05, 3.63) is 29.8 Å². The van der Waals surface area contributed by atoms with E-state index in [0.717, 1.165) is 24.2 Å². The van der Waals surface area contributed by atoms with Crippen LogP contribution in [0.2, 0.25) is 0 Å². The number of hydrogen-bond acceptors (Lipinski definition) is 3. The highest BCUT2D eigenvalue weighted by molar-refractivity contribution is 5.85. The highest BCUT2D eigenvalue weighted by Crippen LogP contribution is 2.29. The first kappa shape index (κ1) is 16.8. The second-order valence-electron chi connectivity index (χ2n) is 5.28. The fourth-order valence-corrected chi connectivity index (χ4v) is 2.13. The molecule has 1 atom stereocenters. The largest absolute Gasteiger partial charge is 0.497 e. The topological polar surface area (TPSA) is 55.6 Å². The number of carbonyl (C=O) groups is 1. The number of amides is 1. The molecule has 2 rings (SSSR count). The van der Waals surface area contributed by atoms with Gasteiger partial charge in [-0.3, -0.25) is 4.79 Å². The quantitative estimate of drug-likeness (QED) is 0.877. The minimum absolute atomic E-state index is 0. The Kier molecular flexibility index (Phi) is 6.30. The normalized spacial score (nSPS) is 15.2. The third-order valence-electron chi connectivity index (χ3n) is 3.32. The van der Waals surface area contributed by atoms with Gasteiger partial charge >= 0.3 is 0 Å². The maximum Gasteiger partial charge on any atom is 0.224 e. The van der Waals surface area contributed by atoms with Gasteiger partial charge in [-0.1, -0.05) is 12.1 Å². The molecule has 5 heteroatoms. The summed E-state index contributed by atoms with van der Waals surface area (Å²) in [6.07, 6.45) is 2.65. The van der Waals surface area contributed by atoms with Gasteiger partial charge in [0.2, 0.25) is 5.91 Å². The van der Waals surface area contributed by atoms with Gasteiger partial charge in [-0.15, -0.1) is 12.4 Å². The van der Waals surface area contributed by atoms with Crippen molar-refractivity contribution in [3.63, 3.8) is 0 Å². The number of ether oxygens (including phenoxy) is 1. The number of benzene rings is 1. The van der Waals surface area contributed by atoms with Crippen molar-refractivity contribution >= 4 is 18.3 Å². The molecule has 1 aliphatic rings. The Morgan fingerprint density at radius 1 is 1.40 bits per heavy atom. The van der Waals surface area contributed by atoms with Crippen LogP contribution in [0, 0.1) is 0 Å². The highest BCUT2D eigenvalue weighted by atomic mass is 35.5. The molecule has 1 unspecified atom stereocenters. The van der Waals surface area contributed by atoms with E-state index < -0.39 is 0 Å². The van der Waals surface area contributed by atoms with Crippen molar-refractivity contribution in [2.45, 2.75) is 44.8 Å². The molecule has 1 aromatic rings. The average Bonchev–Trinajstić information content (AvgIpc) is 3.20. The number of halogens is 1. The summed E-state index contributed by atoms with van der Waals surface area (Å²) in [5.74, 6) is 0.997. The van der Waals surface area contributed by atoms with Crippen molar-refractivity contribution in [2.75, 3.05) is 7.11 Å². The molecule has 112 valence electrons. The molecule has 1 amide bonds. The molecule has 0 heterocycles. The molecule has 1 fully saturated rings. The lowest BCUT2D eigenvalue weighted by Gasteiger charge is -2.23. The van der Waals surface area contributed by atoms with Gasteiger partial charge in [0.05, 0.1) is 7.11 Å². The zero-order valence-electron chi connectivity index (χ0n) is 12.0. The predicted octanol–water partition coefficient (Wildman–Crippen LogP) is 2.35. The van der Waals surface area contributed by atoms with E-state index in [-0.39, 0.29) is 24.4 Å². The number of methoxy groups -OCH3 is 1. The van der Waals surface area contributed by atoms with Gasteiger partial charge < -0.3 is 15.4 Å². The van der Waals surface area contributed by atoms with Crippen LogP contribution in [0.1, 0.15) is 31.7 Å². The van der Waals surface area contributed by atoms with E-state index in [4.69, 9.17) is 10.5 Å². The minimum atomic E-state index is -0.0791. The molecule has 2 N–H and O–H groups in total. The molecule has 0 radical (unpaired) electrons. The lowest BCUT2D eigenvalue weighted by atomic mass is 10.1. The summed E-state index contributed by atoms with van der Waals surface area (Å²) in [4.78, 5) is 14.1. The Morgan fingerprint density at radius 2 is 2.00 bits per heavy atom. The van der Waals surface area contributed by atoms with Crippen LogP contribution >= 0.6 is 12.4 Å². The summed E-state index contributed by atoms with van der Waals surface area (Å²) in [6, 6.07) is 8.20. The van der Waals surface area contributed by atoms with Crippen LogP contribution in [-0.4, -0.2) is 30.0 Å². The van der Waals surface area contributed by atoms with Crippen molar-refractivity contribution in [1.29, 1.82) is 0 Å². The zero-order chi connectivity index (χ0) is 13.8. The Labute approximate surface area is 126 Å². The molecule has 1 saturated carbocycles. The zero-order valence-corrected chi connectivity index (χ0v) is 12.9. The van der Waals surface area contributed by atoms with E-state index in [9.17, 15) is 4.79 Å². The Morgan fingerprint density at radius 3 is 2.45 bits per heavy atom. The summed E-state index contributed by atoms with van der Waals surface area (Å²) < 4.78 is 5.14. The molecule has 1 aromatic carbocycles. The Hall–Kier alpha value is -1.26. The SMILES string of the molecule is COc1ccc(CN(C(=O)CC(C)N)C2CC2)cc1.Cl. The number of hydrogen-bond donors (Lipinski definition) is 1. The van der Waals surface area contributed by atoms with Crippen LogP contribution in [0.4, 0.5) is 0 Å². The first-order chi connectivity index (χ1) is 9.10. The fraction of sp³-hybridized carbons (Fsp3) is 0.533. The van der Waals surface area contributed by atoms with E-state index in [0.29, 0.717) is 19.0 Å². The lowest BCUT2D eigenvalue weighted by Crippen LogP contribution is -2.36. The van der Waals surface area contributed by atoms with Gasteiger partial charge in [-0.25, -0.2) is 0 Å². The molecule has 4 nitrogen and oxygen atoms in total. The van der Waals surface area contributed by atoms with Gasteiger partial charge in [0.1, 0.15) is 5.75 Å². The van der Waals surface area contributed by atoms with E-state index in [1.54, 1.807) is 7.11 Å². The summed E-state index contributed by atoms with van der Waals surface area (Å²) in [7, 11) is 1.65. The highest BCUT2D eigenvalue weighted by Gasteiger charge is 2.32. The minimum Gasteiger partial charge on any atom is -0.497 e. The van der Waals surface area contributed by atoms with E-state index in [2.05, 4.69) is 0 Å². The Bertz CT molecular complexity index is 430. The third-order valence-corrected chi connectivity index (χ3v) is 3.32. The van der Waals surface area contributed by atoms with E-state index >= 15 is 0 Å². The van der Waals surface area contributed by atoms with Crippen molar-refractivity contribution < 1.29 is 9.53 Å². The second kappa shape index (κ2) is 7.50. The second-order valence-corrected chi connectivity index (χ2v) is 5.28. The van der Waals surface area contributed by atoms with Gasteiger partial charge in [0.15, 0.2) is 0 Å². The van der Waals surface area contributed by atoms with Gasteiger partial charge in [-0.05, 0) is 37.5 Å². The number of nitrogens with two attached hydrogens (primary N) is 1. The third kappa shape index (κ3) is 4.69. The van der Waals surface area contributed by atoms with Crippen LogP contribution in [-0.2, 0) is 11.3 Å². The molecular formula is C15H23ClN2O2. The van der Waals surface area contributed by atoms with E-state index in [1.165, 1.54) is 0 Å². The standard InChI is InChI=1S/C15H22N2O2.ClH/c1-11(16)9-15(18)17(13-5-6-13)10-12-3-7-14(19-2)8-4-12;/h3-4,7-8,11,13H,5-6,9-10,16H2,1-2H3;1H.